The summed E-state index contributed by atoms with van der Waals surface area (Å²) in [6.45, 7) is 3.16. The Morgan fingerprint density at radius 2 is 2.09 bits per heavy atom. The van der Waals surface area contributed by atoms with Gasteiger partial charge >= 0.3 is 5.69 Å². The molecule has 2 fully saturated rings. The Morgan fingerprint density at radius 3 is 2.65 bits per heavy atom. The van der Waals surface area contributed by atoms with Gasteiger partial charge in [0.1, 0.15) is 6.07 Å². The minimum Gasteiger partial charge on any atom is -0.338 e. The zero-order valence-corrected chi connectivity index (χ0v) is 14.4. The van der Waals surface area contributed by atoms with Gasteiger partial charge in [0.15, 0.2) is 18.0 Å². The minimum absolute atomic E-state index is 0.132. The van der Waals surface area contributed by atoms with Gasteiger partial charge in [0.05, 0.1) is 4.43 Å². The summed E-state index contributed by atoms with van der Waals surface area (Å²) in [6, 6.07) is 2.87. The standard InChI is InChI=1S/C13H13FIN3O5/c1-11(2)21-8-9(22-11)13(6-16,23-12(8,14)5-15)18-4-3-7(19)17-10(18)20/h3-4,8-9H,5H2,1-2H3,(H,17,19,20)/t8-,9+,12?,13+/m0/s1. The first-order valence-corrected chi connectivity index (χ1v) is 8.24. The third kappa shape index (κ3) is 2.34. The second-order valence-corrected chi connectivity index (χ2v) is 6.55. The average Bonchev–Trinajstić information content (AvgIpc) is 2.92. The second-order valence-electron chi connectivity index (χ2n) is 5.79. The van der Waals surface area contributed by atoms with Crippen LogP contribution in [0.1, 0.15) is 13.8 Å². The van der Waals surface area contributed by atoms with Crippen LogP contribution >= 0.6 is 22.6 Å². The van der Waals surface area contributed by atoms with E-state index in [4.69, 9.17) is 14.2 Å². The highest BCUT2D eigenvalue weighted by Crippen LogP contribution is 2.51. The lowest BCUT2D eigenvalue weighted by molar-refractivity contribution is -0.266. The van der Waals surface area contributed by atoms with Crippen LogP contribution in [-0.4, -0.2) is 37.8 Å². The minimum atomic E-state index is -2.32. The van der Waals surface area contributed by atoms with Crippen molar-refractivity contribution in [1.82, 2.24) is 9.55 Å². The third-order valence-electron chi connectivity index (χ3n) is 3.76. The molecule has 4 atom stereocenters. The lowest BCUT2D eigenvalue weighted by atomic mass is 10.0. The van der Waals surface area contributed by atoms with E-state index in [1.807, 2.05) is 11.1 Å². The van der Waals surface area contributed by atoms with Crippen molar-refractivity contribution in [3.05, 3.63) is 33.1 Å². The van der Waals surface area contributed by atoms with Crippen LogP contribution in [0, 0.1) is 11.3 Å². The number of nitrogens with zero attached hydrogens (tertiary/aromatic N) is 2. The molecule has 3 rings (SSSR count). The van der Waals surface area contributed by atoms with Gasteiger partial charge in [-0.25, -0.2) is 9.18 Å². The first kappa shape index (κ1) is 16.6. The van der Waals surface area contributed by atoms with Gasteiger partial charge in [-0.05, 0) is 13.8 Å². The summed E-state index contributed by atoms with van der Waals surface area (Å²) in [5.74, 6) is -3.46. The van der Waals surface area contributed by atoms with Crippen molar-refractivity contribution in [2.45, 2.75) is 43.4 Å². The molecule has 3 heterocycles. The molecule has 0 bridgehead atoms. The number of rotatable bonds is 2. The summed E-state index contributed by atoms with van der Waals surface area (Å²) in [6.07, 6.45) is -1.28. The number of ether oxygens (including phenoxy) is 3. The Kier molecular flexibility index (Phi) is 3.67. The molecule has 124 valence electrons. The predicted octanol–water partition coefficient (Wildman–Crippen LogP) is 0.364. The maximum atomic E-state index is 15.1. The van der Waals surface area contributed by atoms with Crippen molar-refractivity contribution in [2.24, 2.45) is 0 Å². The quantitative estimate of drug-likeness (QED) is 0.530. The molecule has 1 aromatic rings. The Hall–Kier alpha value is -1.29. The van der Waals surface area contributed by atoms with Crippen LogP contribution in [0.25, 0.3) is 0 Å². The zero-order chi connectivity index (χ0) is 17.0. The van der Waals surface area contributed by atoms with Crippen LogP contribution in [0.4, 0.5) is 4.39 Å². The molecule has 2 aliphatic heterocycles. The number of nitrogens with one attached hydrogen (secondary N) is 1. The van der Waals surface area contributed by atoms with Gasteiger partial charge in [-0.1, -0.05) is 22.6 Å². The van der Waals surface area contributed by atoms with Gasteiger partial charge < -0.3 is 9.47 Å². The number of fused-ring (bicyclic) bond motifs is 1. The molecule has 1 unspecified atom stereocenters. The monoisotopic (exact) mass is 437 g/mol. The van der Waals surface area contributed by atoms with Crippen LogP contribution in [0.2, 0.25) is 0 Å². The number of nitriles is 1. The van der Waals surface area contributed by atoms with E-state index in [2.05, 4.69) is 0 Å². The van der Waals surface area contributed by atoms with Crippen molar-refractivity contribution in [3.8, 4) is 6.07 Å². The molecule has 10 heteroatoms. The summed E-state index contributed by atoms with van der Waals surface area (Å²) >= 11 is 1.77. The normalized spacial score (nSPS) is 38.2. The smallest absolute Gasteiger partial charge is 0.331 e. The second kappa shape index (κ2) is 5.10. The molecule has 0 saturated carbocycles. The maximum absolute atomic E-state index is 15.1. The average molecular weight is 437 g/mol. The zero-order valence-electron chi connectivity index (χ0n) is 12.2. The highest BCUT2D eigenvalue weighted by Gasteiger charge is 2.71. The highest BCUT2D eigenvalue weighted by atomic mass is 127. The van der Waals surface area contributed by atoms with Crippen LogP contribution in [0.3, 0.4) is 0 Å². The van der Waals surface area contributed by atoms with Gasteiger partial charge in [0.25, 0.3) is 11.3 Å². The van der Waals surface area contributed by atoms with E-state index in [1.54, 1.807) is 36.4 Å². The number of hydrogen-bond donors (Lipinski definition) is 1. The van der Waals surface area contributed by atoms with E-state index in [-0.39, 0.29) is 4.43 Å². The summed E-state index contributed by atoms with van der Waals surface area (Å²) in [5, 5.41) is 9.68. The van der Waals surface area contributed by atoms with Gasteiger partial charge in [0.2, 0.25) is 5.85 Å². The summed E-state index contributed by atoms with van der Waals surface area (Å²) in [4.78, 5) is 25.4. The molecule has 0 aliphatic carbocycles. The topological polar surface area (TPSA) is 106 Å². The van der Waals surface area contributed by atoms with Crippen molar-refractivity contribution >= 4 is 22.6 Å². The van der Waals surface area contributed by atoms with E-state index >= 15 is 4.39 Å². The Labute approximate surface area is 143 Å². The number of hydrogen-bond acceptors (Lipinski definition) is 6. The molecule has 0 radical (unpaired) electrons. The predicted molar refractivity (Wildman–Crippen MR) is 82.5 cm³/mol. The van der Waals surface area contributed by atoms with Crippen molar-refractivity contribution < 1.29 is 18.6 Å². The number of H-pyrrole nitrogens is 1. The molecule has 1 N–H and O–H groups in total. The highest BCUT2D eigenvalue weighted by molar-refractivity contribution is 14.1. The molecule has 0 amide bonds. The Bertz CT molecular complexity index is 802. The lowest BCUT2D eigenvalue weighted by Gasteiger charge is -2.31. The fourth-order valence-electron chi connectivity index (χ4n) is 2.85. The van der Waals surface area contributed by atoms with Crippen LogP contribution < -0.4 is 11.2 Å². The largest absolute Gasteiger partial charge is 0.338 e. The summed E-state index contributed by atoms with van der Waals surface area (Å²) in [5.41, 5.74) is -3.62. The molecule has 1 aromatic heterocycles. The number of aromatic nitrogens is 2. The van der Waals surface area contributed by atoms with Gasteiger partial charge in [-0.3, -0.25) is 19.1 Å². The van der Waals surface area contributed by atoms with E-state index < -0.39 is 40.8 Å². The van der Waals surface area contributed by atoms with Crippen LogP contribution in [0.15, 0.2) is 21.9 Å². The molecule has 2 saturated heterocycles. The first-order chi connectivity index (χ1) is 10.7. The number of alkyl halides is 2. The summed E-state index contributed by atoms with van der Waals surface area (Å²) < 4.78 is 32.4. The van der Waals surface area contributed by atoms with Crippen molar-refractivity contribution in [3.63, 3.8) is 0 Å². The molecule has 0 spiro atoms. The van der Waals surface area contributed by atoms with E-state index in [1.165, 1.54) is 0 Å². The SMILES string of the molecule is CC1(C)O[C@@H]2[C@H](O1)C(F)(CI)O[C@@]2(C#N)n1ccc(=O)[nH]c1=O. The first-order valence-electron chi connectivity index (χ1n) is 6.72. The van der Waals surface area contributed by atoms with Crippen molar-refractivity contribution in [1.29, 1.82) is 5.26 Å². The van der Waals surface area contributed by atoms with E-state index in [0.29, 0.717) is 0 Å². The molecular weight excluding hydrogens is 424 g/mol. The van der Waals surface area contributed by atoms with Crippen LogP contribution in [0.5, 0.6) is 0 Å². The third-order valence-corrected chi connectivity index (χ3v) is 4.80. The molecule has 2 aliphatic rings. The molecule has 23 heavy (non-hydrogen) atoms. The Morgan fingerprint density at radius 1 is 1.43 bits per heavy atom. The Balaban J connectivity index is 2.21. The van der Waals surface area contributed by atoms with Gasteiger partial charge in [-0.15, -0.1) is 0 Å². The van der Waals surface area contributed by atoms with Crippen LogP contribution in [-0.2, 0) is 19.9 Å². The lowest BCUT2D eigenvalue weighted by Crippen LogP contribution is -2.51. The van der Waals surface area contributed by atoms with Gasteiger partial charge in [0, 0.05) is 12.3 Å². The van der Waals surface area contributed by atoms with Crippen molar-refractivity contribution in [2.75, 3.05) is 4.43 Å². The number of halogens is 2. The molecule has 8 nitrogen and oxygen atoms in total. The molecular formula is C13H13FIN3O5. The fourth-order valence-corrected chi connectivity index (χ4v) is 3.44. The molecule has 0 aromatic carbocycles. The van der Waals surface area contributed by atoms with Gasteiger partial charge in [-0.2, -0.15) is 5.26 Å². The summed E-state index contributed by atoms with van der Waals surface area (Å²) in [7, 11) is 0. The van der Waals surface area contributed by atoms with E-state index in [0.717, 1.165) is 16.8 Å². The maximum Gasteiger partial charge on any atom is 0.331 e. The fraction of sp³-hybridized carbons (Fsp3) is 0.615. The van der Waals surface area contributed by atoms with E-state index in [9.17, 15) is 14.9 Å². The number of aromatic amines is 1.